The van der Waals surface area contributed by atoms with E-state index in [9.17, 15) is 13.2 Å². The summed E-state index contributed by atoms with van der Waals surface area (Å²) in [5.41, 5.74) is 0.952. The molecule has 2 aromatic rings. The molecule has 0 aromatic heterocycles. The summed E-state index contributed by atoms with van der Waals surface area (Å²) in [4.78, 5) is 12.3. The first-order chi connectivity index (χ1) is 13.9. The fourth-order valence-corrected chi connectivity index (χ4v) is 4.59. The summed E-state index contributed by atoms with van der Waals surface area (Å²) in [5.74, 6) is 0.696. The van der Waals surface area contributed by atoms with Gasteiger partial charge in [-0.2, -0.15) is 0 Å². The Morgan fingerprint density at radius 1 is 1.14 bits per heavy atom. The Hall–Kier alpha value is -2.10. The lowest BCUT2D eigenvalue weighted by atomic mass is 10.1. The van der Waals surface area contributed by atoms with Gasteiger partial charge in [-0.3, -0.25) is 4.79 Å². The lowest BCUT2D eigenvalue weighted by molar-refractivity contribution is -0.121. The van der Waals surface area contributed by atoms with E-state index < -0.39 is 10.0 Å². The summed E-state index contributed by atoms with van der Waals surface area (Å²) in [7, 11) is -3.76. The highest BCUT2D eigenvalue weighted by Crippen LogP contribution is 2.31. The van der Waals surface area contributed by atoms with Gasteiger partial charge >= 0.3 is 0 Å². The van der Waals surface area contributed by atoms with Crippen molar-refractivity contribution in [3.05, 3.63) is 52.5 Å². The Bertz CT molecular complexity index is 981. The van der Waals surface area contributed by atoms with Gasteiger partial charge in [0.25, 0.3) is 0 Å². The van der Waals surface area contributed by atoms with Crippen LogP contribution in [0.2, 0.25) is 0 Å². The van der Waals surface area contributed by atoms with E-state index in [2.05, 4.69) is 26.0 Å². The molecule has 7 nitrogen and oxygen atoms in total. The fraction of sp³-hybridized carbons (Fsp3) is 0.350. The fourth-order valence-electron chi connectivity index (χ4n) is 2.91. The van der Waals surface area contributed by atoms with Crippen molar-refractivity contribution in [1.82, 2.24) is 10.0 Å². The van der Waals surface area contributed by atoms with Crippen LogP contribution >= 0.6 is 15.9 Å². The Balaban J connectivity index is 1.55. The smallest absolute Gasteiger partial charge is 0.240 e. The van der Waals surface area contributed by atoms with Crippen LogP contribution in [0.15, 0.2) is 51.8 Å². The number of rotatable bonds is 7. The normalized spacial score (nSPS) is 14.7. The molecule has 0 radical (unpaired) electrons. The second-order valence-electron chi connectivity index (χ2n) is 6.62. The molecule has 9 heteroatoms. The number of amides is 1. The van der Waals surface area contributed by atoms with Gasteiger partial charge in [0.05, 0.1) is 24.2 Å². The molecule has 29 heavy (non-hydrogen) atoms. The molecule has 0 saturated heterocycles. The molecule has 2 N–H and O–H groups in total. The minimum absolute atomic E-state index is 0.00864. The maximum atomic E-state index is 12.5. The maximum Gasteiger partial charge on any atom is 0.240 e. The predicted octanol–water partition coefficient (Wildman–Crippen LogP) is 3.16. The van der Waals surface area contributed by atoms with Crippen LogP contribution in [0.1, 0.15) is 31.4 Å². The molecule has 0 aliphatic carbocycles. The largest absolute Gasteiger partial charge is 0.490 e. The third-order valence-electron chi connectivity index (χ3n) is 4.42. The molecule has 1 unspecified atom stereocenters. The average molecular weight is 483 g/mol. The number of halogens is 1. The molecular formula is C20H23BrN2O5S. The van der Waals surface area contributed by atoms with Crippen molar-refractivity contribution < 1.29 is 22.7 Å². The zero-order valence-corrected chi connectivity index (χ0v) is 18.4. The molecule has 1 aliphatic heterocycles. The van der Waals surface area contributed by atoms with Gasteiger partial charge in [0.1, 0.15) is 0 Å². The molecule has 3 rings (SSSR count). The third kappa shape index (κ3) is 5.71. The number of benzene rings is 2. The highest BCUT2D eigenvalue weighted by Gasteiger charge is 2.19. The Morgan fingerprint density at radius 3 is 2.62 bits per heavy atom. The quantitative estimate of drug-likeness (QED) is 0.631. The van der Waals surface area contributed by atoms with E-state index >= 15 is 0 Å². The number of carbonyl (C=O) groups is 1. The van der Waals surface area contributed by atoms with Crippen molar-refractivity contribution in [2.75, 3.05) is 19.8 Å². The van der Waals surface area contributed by atoms with E-state index in [0.29, 0.717) is 24.7 Å². The number of ether oxygens (including phenoxy) is 2. The van der Waals surface area contributed by atoms with E-state index in [1.807, 2.05) is 31.2 Å². The van der Waals surface area contributed by atoms with Gasteiger partial charge in [0, 0.05) is 29.9 Å². The van der Waals surface area contributed by atoms with Crippen LogP contribution < -0.4 is 19.5 Å². The first kappa shape index (κ1) is 21.6. The van der Waals surface area contributed by atoms with Gasteiger partial charge in [0.2, 0.25) is 15.9 Å². The highest BCUT2D eigenvalue weighted by molar-refractivity contribution is 9.10. The Kier molecular flexibility index (Phi) is 7.15. The molecule has 156 valence electrons. The van der Waals surface area contributed by atoms with Gasteiger partial charge in [0.15, 0.2) is 11.5 Å². The van der Waals surface area contributed by atoms with Crippen molar-refractivity contribution in [3.8, 4) is 11.5 Å². The van der Waals surface area contributed by atoms with E-state index in [1.54, 1.807) is 6.07 Å². The summed E-state index contributed by atoms with van der Waals surface area (Å²) in [6.07, 6.45) is 0.765. The van der Waals surface area contributed by atoms with E-state index in [1.165, 1.54) is 12.1 Å². The van der Waals surface area contributed by atoms with Crippen LogP contribution in [0.3, 0.4) is 0 Å². The van der Waals surface area contributed by atoms with Crippen molar-refractivity contribution in [2.45, 2.75) is 30.7 Å². The van der Waals surface area contributed by atoms with E-state index in [4.69, 9.17) is 9.47 Å². The number of nitrogens with one attached hydrogen (secondary N) is 2. The Morgan fingerprint density at radius 2 is 1.86 bits per heavy atom. The summed E-state index contributed by atoms with van der Waals surface area (Å²) in [6, 6.07) is 11.9. The van der Waals surface area contributed by atoms with Gasteiger partial charge in [-0.25, -0.2) is 13.1 Å². The molecule has 0 fully saturated rings. The Labute approximate surface area is 179 Å². The number of fused-ring (bicyclic) bond motifs is 1. The van der Waals surface area contributed by atoms with Gasteiger partial charge in [-0.05, 0) is 30.7 Å². The summed E-state index contributed by atoms with van der Waals surface area (Å²) in [6.45, 7) is 2.87. The molecule has 1 atom stereocenters. The minimum atomic E-state index is -3.76. The number of hydrogen-bond acceptors (Lipinski definition) is 5. The van der Waals surface area contributed by atoms with Crippen molar-refractivity contribution in [1.29, 1.82) is 0 Å². The zero-order valence-electron chi connectivity index (χ0n) is 16.0. The van der Waals surface area contributed by atoms with Gasteiger partial charge in [-0.1, -0.05) is 34.1 Å². The van der Waals surface area contributed by atoms with Gasteiger partial charge in [-0.15, -0.1) is 0 Å². The lowest BCUT2D eigenvalue weighted by Crippen LogP contribution is -2.32. The maximum absolute atomic E-state index is 12.5. The number of carbonyl (C=O) groups excluding carboxylic acids is 1. The minimum Gasteiger partial charge on any atom is -0.490 e. The molecule has 1 amide bonds. The standard InChI is InChI=1S/C20H23BrN2O5S/c1-14(16-5-2-3-6-17(16)21)23-20(24)9-10-22-29(25,26)15-7-8-18-19(13-15)28-12-4-11-27-18/h2-3,5-8,13-14,22H,4,9-12H2,1H3,(H,23,24). The van der Waals surface area contributed by atoms with Crippen LogP contribution in [0.25, 0.3) is 0 Å². The molecule has 2 aromatic carbocycles. The summed E-state index contributed by atoms with van der Waals surface area (Å²) < 4.78 is 39.5. The second-order valence-corrected chi connectivity index (χ2v) is 9.24. The summed E-state index contributed by atoms with van der Waals surface area (Å²) >= 11 is 3.46. The van der Waals surface area contributed by atoms with Crippen LogP contribution in [0.4, 0.5) is 0 Å². The molecule has 0 saturated carbocycles. The van der Waals surface area contributed by atoms with Gasteiger partial charge < -0.3 is 14.8 Å². The van der Waals surface area contributed by atoms with Crippen molar-refractivity contribution in [2.24, 2.45) is 0 Å². The SMILES string of the molecule is CC(NC(=O)CCNS(=O)(=O)c1ccc2c(c1)OCCCO2)c1ccccc1Br. The first-order valence-electron chi connectivity index (χ1n) is 9.30. The predicted molar refractivity (Wildman–Crippen MR) is 113 cm³/mol. The second kappa shape index (κ2) is 9.60. The van der Waals surface area contributed by atoms with Crippen molar-refractivity contribution in [3.63, 3.8) is 0 Å². The average Bonchev–Trinajstić information content (AvgIpc) is 2.93. The number of sulfonamides is 1. The summed E-state index contributed by atoms with van der Waals surface area (Å²) in [5, 5.41) is 2.87. The van der Waals surface area contributed by atoms with Crippen LogP contribution in [0.5, 0.6) is 11.5 Å². The van der Waals surface area contributed by atoms with Crippen molar-refractivity contribution >= 4 is 31.9 Å². The molecule has 0 bridgehead atoms. The highest BCUT2D eigenvalue weighted by atomic mass is 79.9. The van der Waals surface area contributed by atoms with Crippen LogP contribution in [0, 0.1) is 0 Å². The zero-order chi connectivity index (χ0) is 20.9. The number of hydrogen-bond donors (Lipinski definition) is 2. The van der Waals surface area contributed by atoms with Crippen LogP contribution in [-0.2, 0) is 14.8 Å². The van der Waals surface area contributed by atoms with Crippen LogP contribution in [-0.4, -0.2) is 34.1 Å². The topological polar surface area (TPSA) is 93.7 Å². The lowest BCUT2D eigenvalue weighted by Gasteiger charge is -2.16. The molecule has 1 heterocycles. The van der Waals surface area contributed by atoms with E-state index in [-0.39, 0.29) is 29.8 Å². The molecule has 1 aliphatic rings. The molecular weight excluding hydrogens is 460 g/mol. The van der Waals surface area contributed by atoms with E-state index in [0.717, 1.165) is 16.5 Å². The molecule has 0 spiro atoms. The monoisotopic (exact) mass is 482 g/mol. The third-order valence-corrected chi connectivity index (χ3v) is 6.60. The first-order valence-corrected chi connectivity index (χ1v) is 11.6.